The highest BCUT2D eigenvalue weighted by Crippen LogP contribution is 2.18. The summed E-state index contributed by atoms with van der Waals surface area (Å²) in [5.41, 5.74) is 1.10. The smallest absolute Gasteiger partial charge is 0.191 e. The molecule has 0 aromatic heterocycles. The second-order valence-electron chi connectivity index (χ2n) is 5.62. The maximum Gasteiger partial charge on any atom is 0.191 e. The van der Waals surface area contributed by atoms with Crippen molar-refractivity contribution in [1.82, 2.24) is 15.5 Å². The number of benzene rings is 1. The summed E-state index contributed by atoms with van der Waals surface area (Å²) in [5.74, 6) is 1.75. The Hall–Kier alpha value is -1.79. The summed E-state index contributed by atoms with van der Waals surface area (Å²) in [5, 5.41) is 6.70. The molecule has 0 saturated carbocycles. The number of guanidine groups is 1. The number of hydrogen-bond donors (Lipinski definition) is 2. The number of ether oxygens (including phenoxy) is 2. The van der Waals surface area contributed by atoms with Crippen molar-refractivity contribution < 1.29 is 9.47 Å². The summed E-state index contributed by atoms with van der Waals surface area (Å²) in [6.45, 7) is 11.8. The SMILES string of the molecule is CCNC(=NCc1ccccc1OCC)NCCN1CCOCC1. The predicted octanol–water partition coefficient (Wildman–Crippen LogP) is 1.47. The van der Waals surface area contributed by atoms with Gasteiger partial charge in [0.05, 0.1) is 26.4 Å². The molecule has 6 nitrogen and oxygen atoms in total. The van der Waals surface area contributed by atoms with E-state index in [2.05, 4.69) is 33.5 Å². The average Bonchev–Trinajstić information content (AvgIpc) is 2.62. The van der Waals surface area contributed by atoms with E-state index in [1.54, 1.807) is 0 Å². The van der Waals surface area contributed by atoms with Crippen LogP contribution in [0, 0.1) is 0 Å². The van der Waals surface area contributed by atoms with Gasteiger partial charge in [-0.05, 0) is 19.9 Å². The first-order valence-corrected chi connectivity index (χ1v) is 8.86. The van der Waals surface area contributed by atoms with Crippen LogP contribution in [0.4, 0.5) is 0 Å². The maximum absolute atomic E-state index is 5.66. The third-order valence-corrected chi connectivity index (χ3v) is 3.85. The Labute approximate surface area is 145 Å². The van der Waals surface area contributed by atoms with Crippen molar-refractivity contribution in [1.29, 1.82) is 0 Å². The maximum atomic E-state index is 5.66. The van der Waals surface area contributed by atoms with Crippen LogP contribution >= 0.6 is 0 Å². The van der Waals surface area contributed by atoms with Gasteiger partial charge in [0.1, 0.15) is 5.75 Å². The van der Waals surface area contributed by atoms with Crippen molar-refractivity contribution in [2.75, 3.05) is 52.5 Å². The fraction of sp³-hybridized carbons (Fsp3) is 0.611. The minimum Gasteiger partial charge on any atom is -0.494 e. The van der Waals surface area contributed by atoms with E-state index in [1.807, 2.05) is 25.1 Å². The summed E-state index contributed by atoms with van der Waals surface area (Å²) in [6.07, 6.45) is 0. The van der Waals surface area contributed by atoms with E-state index in [1.165, 1.54) is 0 Å². The van der Waals surface area contributed by atoms with Gasteiger partial charge in [0.2, 0.25) is 0 Å². The van der Waals surface area contributed by atoms with Gasteiger partial charge in [-0.1, -0.05) is 18.2 Å². The molecule has 0 aliphatic carbocycles. The van der Waals surface area contributed by atoms with E-state index in [0.717, 1.165) is 63.2 Å². The Balaban J connectivity index is 1.85. The minimum absolute atomic E-state index is 0.600. The molecule has 0 unspecified atom stereocenters. The largest absolute Gasteiger partial charge is 0.494 e. The molecular weight excluding hydrogens is 304 g/mol. The van der Waals surface area contributed by atoms with Gasteiger partial charge in [-0.2, -0.15) is 0 Å². The Kier molecular flexibility index (Phi) is 8.41. The first kappa shape index (κ1) is 18.5. The lowest BCUT2D eigenvalue weighted by Crippen LogP contribution is -2.44. The van der Waals surface area contributed by atoms with E-state index in [-0.39, 0.29) is 0 Å². The molecule has 1 aliphatic rings. The molecular formula is C18H30N4O2. The summed E-state index contributed by atoms with van der Waals surface area (Å²) in [7, 11) is 0. The van der Waals surface area contributed by atoms with E-state index < -0.39 is 0 Å². The molecule has 0 amide bonds. The van der Waals surface area contributed by atoms with E-state index in [4.69, 9.17) is 9.47 Å². The Bertz CT molecular complexity index is 502. The standard InChI is InChI=1S/C18H30N4O2/c1-3-19-18(20-9-10-22-11-13-23-14-12-22)21-15-16-7-5-6-8-17(16)24-4-2/h5-8H,3-4,9-15H2,1-2H3,(H2,19,20,21). The molecule has 1 aromatic rings. The Morgan fingerprint density at radius 1 is 1.21 bits per heavy atom. The number of para-hydroxylation sites is 1. The van der Waals surface area contributed by atoms with Gasteiger partial charge >= 0.3 is 0 Å². The lowest BCUT2D eigenvalue weighted by atomic mass is 10.2. The molecule has 1 aromatic carbocycles. The highest BCUT2D eigenvalue weighted by molar-refractivity contribution is 5.79. The lowest BCUT2D eigenvalue weighted by molar-refractivity contribution is 0.0389. The first-order valence-electron chi connectivity index (χ1n) is 8.86. The molecule has 1 saturated heterocycles. The van der Waals surface area contributed by atoms with Crippen molar-refractivity contribution in [3.05, 3.63) is 29.8 Å². The number of nitrogens with one attached hydrogen (secondary N) is 2. The van der Waals surface area contributed by atoms with E-state index in [0.29, 0.717) is 13.2 Å². The van der Waals surface area contributed by atoms with Crippen molar-refractivity contribution in [3.8, 4) is 5.75 Å². The molecule has 6 heteroatoms. The van der Waals surface area contributed by atoms with E-state index >= 15 is 0 Å². The summed E-state index contributed by atoms with van der Waals surface area (Å²) in [4.78, 5) is 7.09. The topological polar surface area (TPSA) is 58.1 Å². The zero-order chi connectivity index (χ0) is 17.0. The van der Waals surface area contributed by atoms with Crippen LogP contribution < -0.4 is 15.4 Å². The third-order valence-electron chi connectivity index (χ3n) is 3.85. The van der Waals surface area contributed by atoms with Gasteiger partial charge in [-0.15, -0.1) is 0 Å². The van der Waals surface area contributed by atoms with Gasteiger partial charge in [0.15, 0.2) is 5.96 Å². The molecule has 1 heterocycles. The van der Waals surface area contributed by atoms with E-state index in [9.17, 15) is 0 Å². The average molecular weight is 334 g/mol. The lowest BCUT2D eigenvalue weighted by Gasteiger charge is -2.26. The van der Waals surface area contributed by atoms with Gasteiger partial charge in [-0.3, -0.25) is 4.90 Å². The molecule has 2 rings (SSSR count). The first-order chi connectivity index (χ1) is 11.8. The van der Waals surface area contributed by atoms with Crippen LogP contribution in [-0.4, -0.2) is 63.4 Å². The summed E-state index contributed by atoms with van der Waals surface area (Å²) >= 11 is 0. The fourth-order valence-corrected chi connectivity index (χ4v) is 2.59. The van der Waals surface area contributed by atoms with Crippen molar-refractivity contribution in [2.45, 2.75) is 20.4 Å². The molecule has 134 valence electrons. The van der Waals surface area contributed by atoms with Gasteiger partial charge in [0.25, 0.3) is 0 Å². The molecule has 0 spiro atoms. The van der Waals surface area contributed by atoms with Crippen LogP contribution in [0.5, 0.6) is 5.75 Å². The monoisotopic (exact) mass is 334 g/mol. The highest BCUT2D eigenvalue weighted by Gasteiger charge is 2.09. The van der Waals surface area contributed by atoms with Gasteiger partial charge in [-0.25, -0.2) is 4.99 Å². The van der Waals surface area contributed by atoms with Gasteiger partial charge < -0.3 is 20.1 Å². The number of morpholine rings is 1. The Morgan fingerprint density at radius 3 is 2.75 bits per heavy atom. The third kappa shape index (κ3) is 6.37. The molecule has 24 heavy (non-hydrogen) atoms. The second-order valence-corrected chi connectivity index (χ2v) is 5.62. The summed E-state index contributed by atoms with van der Waals surface area (Å²) in [6, 6.07) is 8.06. The minimum atomic E-state index is 0.600. The normalized spacial score (nSPS) is 16.0. The number of rotatable bonds is 8. The zero-order valence-corrected chi connectivity index (χ0v) is 14.9. The zero-order valence-electron chi connectivity index (χ0n) is 14.9. The molecule has 0 bridgehead atoms. The number of nitrogens with zero attached hydrogens (tertiary/aromatic N) is 2. The van der Waals surface area contributed by atoms with Crippen LogP contribution in [0.2, 0.25) is 0 Å². The molecule has 0 radical (unpaired) electrons. The van der Waals surface area contributed by atoms with Crippen molar-refractivity contribution in [3.63, 3.8) is 0 Å². The number of hydrogen-bond acceptors (Lipinski definition) is 4. The highest BCUT2D eigenvalue weighted by atomic mass is 16.5. The molecule has 2 N–H and O–H groups in total. The van der Waals surface area contributed by atoms with Crippen molar-refractivity contribution in [2.24, 2.45) is 4.99 Å². The Morgan fingerprint density at radius 2 is 2.00 bits per heavy atom. The fourth-order valence-electron chi connectivity index (χ4n) is 2.59. The summed E-state index contributed by atoms with van der Waals surface area (Å²) < 4.78 is 11.0. The molecule has 1 fully saturated rings. The van der Waals surface area contributed by atoms with Crippen LogP contribution in [0.15, 0.2) is 29.3 Å². The van der Waals surface area contributed by atoms with Crippen molar-refractivity contribution >= 4 is 5.96 Å². The number of aliphatic imine (C=N–C) groups is 1. The van der Waals surface area contributed by atoms with Gasteiger partial charge in [0, 0.05) is 38.3 Å². The van der Waals surface area contributed by atoms with Crippen LogP contribution in [0.1, 0.15) is 19.4 Å². The second kappa shape index (κ2) is 10.9. The predicted molar refractivity (Wildman–Crippen MR) is 97.7 cm³/mol. The quantitative estimate of drug-likeness (QED) is 0.557. The molecule has 1 aliphatic heterocycles. The molecule has 0 atom stereocenters. The van der Waals surface area contributed by atoms with Crippen LogP contribution in [0.3, 0.4) is 0 Å². The van der Waals surface area contributed by atoms with Crippen LogP contribution in [0.25, 0.3) is 0 Å². The van der Waals surface area contributed by atoms with Crippen LogP contribution in [-0.2, 0) is 11.3 Å².